The summed E-state index contributed by atoms with van der Waals surface area (Å²) in [5, 5.41) is 8.70. The van der Waals surface area contributed by atoms with Gasteiger partial charge in [-0.15, -0.1) is 0 Å². The lowest BCUT2D eigenvalue weighted by Gasteiger charge is -2.23. The Labute approximate surface area is 203 Å². The maximum atomic E-state index is 6.66. The van der Waals surface area contributed by atoms with Crippen molar-refractivity contribution in [1.29, 1.82) is 0 Å². The third kappa shape index (κ3) is 3.90. The van der Waals surface area contributed by atoms with Gasteiger partial charge in [-0.05, 0) is 67.7 Å². The number of benzene rings is 5. The summed E-state index contributed by atoms with van der Waals surface area (Å²) in [7, 11) is 0. The second kappa shape index (κ2) is 8.30. The van der Waals surface area contributed by atoms with E-state index in [1.807, 2.05) is 0 Å². The molecule has 1 aliphatic heterocycles. The Morgan fingerprint density at radius 3 is 1.52 bits per heavy atom. The Balaban J connectivity index is 1.22. The lowest BCUT2D eigenvalue weighted by molar-refractivity contribution is 0.248. The summed E-state index contributed by atoms with van der Waals surface area (Å²) >= 11 is 13.3. The van der Waals surface area contributed by atoms with Crippen molar-refractivity contribution in [2.24, 2.45) is 0 Å². The van der Waals surface area contributed by atoms with Crippen molar-refractivity contribution in [3.05, 3.63) is 119 Å². The summed E-state index contributed by atoms with van der Waals surface area (Å²) in [5.41, 5.74) is 2.43. The molecule has 0 saturated carbocycles. The number of halogens is 2. The van der Waals surface area contributed by atoms with Crippen LogP contribution >= 0.6 is 23.2 Å². The van der Waals surface area contributed by atoms with Crippen molar-refractivity contribution in [2.75, 3.05) is 6.67 Å². The average Bonchev–Trinajstić information content (AvgIpc) is 3.10. The molecule has 0 aliphatic carbocycles. The SMILES string of the molecule is ClC1=C(Cl)N(Cc2ccc3cc4ccccc4cc3c2)CN1Cc1ccc2ccccc2c1. The lowest BCUT2D eigenvalue weighted by Crippen LogP contribution is -2.26. The maximum absolute atomic E-state index is 6.66. The van der Waals surface area contributed by atoms with Gasteiger partial charge in [0.2, 0.25) is 0 Å². The standard InChI is InChI=1S/C29H22Cl2N2/c30-28-29(31)33(19-32(28)17-20-9-11-22-5-1-2-6-23(22)13-20)18-21-10-12-26-15-24-7-3-4-8-25(24)16-27(26)14-21/h1-16H,17-19H2. The molecule has 0 unspecified atom stereocenters. The normalized spacial score (nSPS) is 14.2. The van der Waals surface area contributed by atoms with E-state index in [2.05, 4.69) is 107 Å². The summed E-state index contributed by atoms with van der Waals surface area (Å²) in [6, 6.07) is 34.6. The fourth-order valence-corrected chi connectivity index (χ4v) is 5.16. The van der Waals surface area contributed by atoms with E-state index in [4.69, 9.17) is 23.2 Å². The molecule has 0 saturated heterocycles. The van der Waals surface area contributed by atoms with Crippen LogP contribution < -0.4 is 0 Å². The average molecular weight is 469 g/mol. The number of hydrogen-bond donors (Lipinski definition) is 0. The largest absolute Gasteiger partial charge is 0.338 e. The molecule has 6 rings (SSSR count). The van der Waals surface area contributed by atoms with Gasteiger partial charge in [0, 0.05) is 13.1 Å². The molecule has 2 nitrogen and oxygen atoms in total. The van der Waals surface area contributed by atoms with Gasteiger partial charge in [0.05, 0.1) is 6.67 Å². The van der Waals surface area contributed by atoms with E-state index in [-0.39, 0.29) is 0 Å². The van der Waals surface area contributed by atoms with Crippen LogP contribution in [-0.4, -0.2) is 16.5 Å². The van der Waals surface area contributed by atoms with Gasteiger partial charge in [-0.3, -0.25) is 0 Å². The van der Waals surface area contributed by atoms with E-state index in [1.165, 1.54) is 43.4 Å². The highest BCUT2D eigenvalue weighted by Gasteiger charge is 2.27. The zero-order chi connectivity index (χ0) is 22.4. The predicted octanol–water partition coefficient (Wildman–Crippen LogP) is 8.03. The van der Waals surface area contributed by atoms with Gasteiger partial charge in [0.1, 0.15) is 10.3 Å². The van der Waals surface area contributed by atoms with Gasteiger partial charge >= 0.3 is 0 Å². The number of rotatable bonds is 4. The first-order valence-electron chi connectivity index (χ1n) is 11.1. The van der Waals surface area contributed by atoms with Crippen molar-refractivity contribution < 1.29 is 0 Å². The van der Waals surface area contributed by atoms with Crippen molar-refractivity contribution in [3.8, 4) is 0 Å². The van der Waals surface area contributed by atoms with Gasteiger partial charge in [0.25, 0.3) is 0 Å². The van der Waals surface area contributed by atoms with Crippen LogP contribution in [0.1, 0.15) is 11.1 Å². The lowest BCUT2D eigenvalue weighted by atomic mass is 10.0. The summed E-state index contributed by atoms with van der Waals surface area (Å²) in [6.45, 7) is 2.10. The molecule has 0 amide bonds. The van der Waals surface area contributed by atoms with Crippen LogP contribution in [0.15, 0.2) is 107 Å². The van der Waals surface area contributed by atoms with E-state index < -0.39 is 0 Å². The van der Waals surface area contributed by atoms with E-state index in [1.54, 1.807) is 0 Å². The molecule has 0 N–H and O–H groups in total. The van der Waals surface area contributed by atoms with Crippen LogP contribution in [0.4, 0.5) is 0 Å². The van der Waals surface area contributed by atoms with E-state index in [0.717, 1.165) is 6.54 Å². The summed E-state index contributed by atoms with van der Waals surface area (Å²) in [4.78, 5) is 4.26. The topological polar surface area (TPSA) is 6.48 Å². The smallest absolute Gasteiger partial charge is 0.142 e. The highest BCUT2D eigenvalue weighted by molar-refractivity contribution is 6.38. The molecule has 0 bridgehead atoms. The summed E-state index contributed by atoms with van der Waals surface area (Å²) in [5.74, 6) is 0. The Bertz CT molecular complexity index is 1540. The van der Waals surface area contributed by atoms with Crippen LogP contribution in [0.5, 0.6) is 0 Å². The Kier molecular flexibility index (Phi) is 5.13. The van der Waals surface area contributed by atoms with Gasteiger partial charge < -0.3 is 9.80 Å². The molecule has 4 heteroatoms. The molecule has 0 spiro atoms. The first-order valence-corrected chi connectivity index (χ1v) is 11.8. The quantitative estimate of drug-likeness (QED) is 0.194. The highest BCUT2D eigenvalue weighted by Crippen LogP contribution is 2.33. The van der Waals surface area contributed by atoms with E-state index >= 15 is 0 Å². The molecule has 33 heavy (non-hydrogen) atoms. The number of nitrogens with zero attached hydrogens (tertiary/aromatic N) is 2. The van der Waals surface area contributed by atoms with Crippen molar-refractivity contribution in [1.82, 2.24) is 9.80 Å². The molecule has 0 fully saturated rings. The third-order valence-corrected chi connectivity index (χ3v) is 7.33. The minimum absolute atomic E-state index is 0.607. The highest BCUT2D eigenvalue weighted by atomic mass is 35.5. The first-order chi connectivity index (χ1) is 16.1. The number of hydrogen-bond acceptors (Lipinski definition) is 2. The van der Waals surface area contributed by atoms with E-state index in [9.17, 15) is 0 Å². The van der Waals surface area contributed by atoms with Crippen LogP contribution in [0.25, 0.3) is 32.3 Å². The van der Waals surface area contributed by atoms with Crippen LogP contribution in [0.3, 0.4) is 0 Å². The molecule has 1 aliphatic rings. The predicted molar refractivity (Wildman–Crippen MR) is 140 cm³/mol. The molecule has 0 atom stereocenters. The minimum atomic E-state index is 0.607. The Morgan fingerprint density at radius 1 is 0.485 bits per heavy atom. The van der Waals surface area contributed by atoms with Gasteiger partial charge in [-0.1, -0.05) is 96.0 Å². The monoisotopic (exact) mass is 468 g/mol. The fourth-order valence-electron chi connectivity index (χ4n) is 4.70. The number of fused-ring (bicyclic) bond motifs is 3. The van der Waals surface area contributed by atoms with E-state index in [0.29, 0.717) is 23.5 Å². The molecule has 5 aromatic carbocycles. The Hall–Kier alpha value is -3.20. The summed E-state index contributed by atoms with van der Waals surface area (Å²) in [6.07, 6.45) is 0. The van der Waals surface area contributed by atoms with Crippen molar-refractivity contribution >= 4 is 55.5 Å². The van der Waals surface area contributed by atoms with Crippen LogP contribution in [0.2, 0.25) is 0 Å². The van der Waals surface area contributed by atoms with Crippen LogP contribution in [0, 0.1) is 0 Å². The molecule has 0 radical (unpaired) electrons. The Morgan fingerprint density at radius 2 is 0.909 bits per heavy atom. The summed E-state index contributed by atoms with van der Waals surface area (Å²) < 4.78 is 0. The zero-order valence-electron chi connectivity index (χ0n) is 18.0. The molecule has 162 valence electrons. The second-order valence-corrected chi connectivity index (χ2v) is 9.40. The van der Waals surface area contributed by atoms with Gasteiger partial charge in [-0.25, -0.2) is 0 Å². The van der Waals surface area contributed by atoms with Crippen molar-refractivity contribution in [2.45, 2.75) is 13.1 Å². The third-order valence-electron chi connectivity index (χ3n) is 6.40. The first kappa shape index (κ1) is 20.4. The molecular formula is C29H22Cl2N2. The molecule has 0 aromatic heterocycles. The zero-order valence-corrected chi connectivity index (χ0v) is 19.5. The van der Waals surface area contributed by atoms with Gasteiger partial charge in [0.15, 0.2) is 0 Å². The molecular weight excluding hydrogens is 447 g/mol. The fraction of sp³-hybridized carbons (Fsp3) is 0.103. The van der Waals surface area contributed by atoms with Crippen molar-refractivity contribution in [3.63, 3.8) is 0 Å². The maximum Gasteiger partial charge on any atom is 0.142 e. The van der Waals surface area contributed by atoms with Crippen LogP contribution in [-0.2, 0) is 13.1 Å². The van der Waals surface area contributed by atoms with Gasteiger partial charge in [-0.2, -0.15) is 0 Å². The molecule has 1 heterocycles. The molecule has 5 aromatic rings. The second-order valence-electron chi connectivity index (χ2n) is 8.68. The minimum Gasteiger partial charge on any atom is -0.338 e.